The number of allylic oxidation sites excluding steroid dienone is 1. The Bertz CT molecular complexity index is 774. The highest BCUT2D eigenvalue weighted by Gasteiger charge is 2.55. The van der Waals surface area contributed by atoms with Gasteiger partial charge in [0.15, 0.2) is 16.6 Å². The van der Waals surface area contributed by atoms with Crippen LogP contribution in [0, 0.1) is 29.1 Å². The summed E-state index contributed by atoms with van der Waals surface area (Å²) >= 11 is 0. The fourth-order valence-corrected chi connectivity index (χ4v) is 10.4. The third-order valence-electron chi connectivity index (χ3n) is 11.4. The maximum absolute atomic E-state index is 7.10. The van der Waals surface area contributed by atoms with Gasteiger partial charge >= 0.3 is 0 Å². The van der Waals surface area contributed by atoms with Crippen LogP contribution in [0.1, 0.15) is 107 Å². The summed E-state index contributed by atoms with van der Waals surface area (Å²) in [4.78, 5) is 0. The van der Waals surface area contributed by atoms with Gasteiger partial charge in [-0.25, -0.2) is 0 Å². The first-order valence-electron chi connectivity index (χ1n) is 14.8. The fourth-order valence-electron chi connectivity index (χ4n) is 7.40. The van der Waals surface area contributed by atoms with Crippen LogP contribution >= 0.6 is 0 Å². The van der Waals surface area contributed by atoms with Crippen LogP contribution < -0.4 is 0 Å². The first kappa shape index (κ1) is 29.6. The molecule has 35 heavy (non-hydrogen) atoms. The van der Waals surface area contributed by atoms with Gasteiger partial charge in [-0.15, -0.1) is 0 Å². The molecule has 0 radical (unpaired) electrons. The van der Waals surface area contributed by atoms with Crippen molar-refractivity contribution in [3.63, 3.8) is 0 Å². The SMILES string of the molecule is C[C@H](C[C@H]1C=C[C@](C)(O[Si](C)(C)C(C)(C)C)C1)[C@H]1CCC2C(O[Si](C)(C)C(C)(C)C)CCC[C@]21C. The van der Waals surface area contributed by atoms with Gasteiger partial charge in [0, 0.05) is 6.10 Å². The summed E-state index contributed by atoms with van der Waals surface area (Å²) in [5, 5.41) is 0.548. The summed E-state index contributed by atoms with van der Waals surface area (Å²) in [6, 6.07) is 0. The first-order chi connectivity index (χ1) is 15.7. The molecule has 0 aromatic carbocycles. The number of rotatable bonds is 7. The molecule has 3 rings (SSSR count). The molecular formula is C31H60O2Si2. The molecule has 3 aliphatic rings. The second kappa shape index (κ2) is 9.68. The average molecular weight is 521 g/mol. The molecule has 0 amide bonds. The number of hydrogen-bond acceptors (Lipinski definition) is 2. The van der Waals surface area contributed by atoms with E-state index in [0.717, 1.165) is 24.2 Å². The van der Waals surface area contributed by atoms with Gasteiger partial charge < -0.3 is 8.85 Å². The molecular weight excluding hydrogens is 461 g/mol. The third kappa shape index (κ3) is 6.06. The molecule has 204 valence electrons. The molecule has 7 atom stereocenters. The summed E-state index contributed by atoms with van der Waals surface area (Å²) in [6.45, 7) is 31.4. The lowest BCUT2D eigenvalue weighted by Crippen LogP contribution is -2.50. The molecule has 3 aliphatic carbocycles. The second-order valence-corrected chi connectivity index (χ2v) is 25.8. The van der Waals surface area contributed by atoms with Crippen LogP contribution in [0.4, 0.5) is 0 Å². The van der Waals surface area contributed by atoms with Crippen molar-refractivity contribution in [1.29, 1.82) is 0 Å². The topological polar surface area (TPSA) is 18.5 Å². The smallest absolute Gasteiger partial charge is 0.193 e. The van der Waals surface area contributed by atoms with Crippen LogP contribution in [-0.4, -0.2) is 28.3 Å². The monoisotopic (exact) mass is 520 g/mol. The lowest BCUT2D eigenvalue weighted by molar-refractivity contribution is -0.0224. The Balaban J connectivity index is 1.64. The molecule has 2 unspecified atom stereocenters. The van der Waals surface area contributed by atoms with E-state index in [1.54, 1.807) is 0 Å². The van der Waals surface area contributed by atoms with Gasteiger partial charge in [0.25, 0.3) is 0 Å². The van der Waals surface area contributed by atoms with Crippen molar-refractivity contribution < 1.29 is 8.85 Å². The van der Waals surface area contributed by atoms with Crippen molar-refractivity contribution in [1.82, 2.24) is 0 Å². The first-order valence-corrected chi connectivity index (χ1v) is 20.6. The van der Waals surface area contributed by atoms with Crippen LogP contribution in [0.3, 0.4) is 0 Å². The van der Waals surface area contributed by atoms with Gasteiger partial charge in [0.2, 0.25) is 0 Å². The van der Waals surface area contributed by atoms with Crippen molar-refractivity contribution in [3.8, 4) is 0 Å². The predicted molar refractivity (Wildman–Crippen MR) is 158 cm³/mol. The summed E-state index contributed by atoms with van der Waals surface area (Å²) < 4.78 is 14.0. The quantitative estimate of drug-likeness (QED) is 0.245. The van der Waals surface area contributed by atoms with E-state index in [1.165, 1.54) is 38.5 Å². The highest BCUT2D eigenvalue weighted by molar-refractivity contribution is 6.74. The molecule has 2 saturated carbocycles. The van der Waals surface area contributed by atoms with Crippen molar-refractivity contribution in [2.24, 2.45) is 29.1 Å². The molecule has 0 heterocycles. The molecule has 0 bridgehead atoms. The zero-order valence-electron chi connectivity index (χ0n) is 25.8. The predicted octanol–water partition coefficient (Wildman–Crippen LogP) is 9.98. The Kier molecular flexibility index (Phi) is 8.20. The molecule has 4 heteroatoms. The largest absolute Gasteiger partial charge is 0.414 e. The van der Waals surface area contributed by atoms with Crippen LogP contribution in [0.25, 0.3) is 0 Å². The fraction of sp³-hybridized carbons (Fsp3) is 0.935. The van der Waals surface area contributed by atoms with E-state index >= 15 is 0 Å². The van der Waals surface area contributed by atoms with Crippen LogP contribution in [0.15, 0.2) is 12.2 Å². The average Bonchev–Trinajstić information content (AvgIpc) is 3.19. The van der Waals surface area contributed by atoms with Crippen molar-refractivity contribution in [2.75, 3.05) is 0 Å². The maximum atomic E-state index is 7.10. The summed E-state index contributed by atoms with van der Waals surface area (Å²) in [5.41, 5.74) is 0.371. The number of fused-ring (bicyclic) bond motifs is 1. The molecule has 2 fully saturated rings. The van der Waals surface area contributed by atoms with Crippen molar-refractivity contribution >= 4 is 16.6 Å². The Morgan fingerprint density at radius 1 is 0.914 bits per heavy atom. The minimum absolute atomic E-state index is 0.0809. The summed E-state index contributed by atoms with van der Waals surface area (Å²) in [7, 11) is -3.51. The van der Waals surface area contributed by atoms with E-state index in [-0.39, 0.29) is 10.6 Å². The van der Waals surface area contributed by atoms with Gasteiger partial charge in [0.05, 0.1) is 5.60 Å². The molecule has 0 aliphatic heterocycles. The second-order valence-electron chi connectivity index (χ2n) is 16.3. The summed E-state index contributed by atoms with van der Waals surface area (Å²) in [6.07, 6.45) is 14.7. The van der Waals surface area contributed by atoms with E-state index < -0.39 is 16.6 Å². The zero-order valence-corrected chi connectivity index (χ0v) is 27.8. The molecule has 0 saturated heterocycles. The van der Waals surface area contributed by atoms with Crippen LogP contribution in [-0.2, 0) is 8.85 Å². The van der Waals surface area contributed by atoms with Gasteiger partial charge in [-0.1, -0.05) is 74.0 Å². The lowest BCUT2D eigenvalue weighted by atomic mass is 9.61. The zero-order chi connectivity index (χ0) is 26.7. The number of hydrogen-bond donors (Lipinski definition) is 0. The van der Waals surface area contributed by atoms with Crippen LogP contribution in [0.5, 0.6) is 0 Å². The summed E-state index contributed by atoms with van der Waals surface area (Å²) in [5.74, 6) is 3.01. The molecule has 0 aromatic heterocycles. The van der Waals surface area contributed by atoms with Gasteiger partial charge in [-0.3, -0.25) is 0 Å². The molecule has 0 spiro atoms. The van der Waals surface area contributed by atoms with E-state index in [9.17, 15) is 0 Å². The maximum Gasteiger partial charge on any atom is 0.193 e. The van der Waals surface area contributed by atoms with E-state index in [2.05, 4.69) is 101 Å². The standard InChI is InChI=1S/C31H60O2Si2/c1-23(21-24-18-20-30(8,22-24)33-35(12,13)29(5,6)7)25-16-17-26-27(15-14-19-31(25,26)9)32-34(10,11)28(2,3)4/h18,20,23-27H,14-17,19,21-22H2,1-13H3/t23-,24-,25-,26?,27?,30+,31+/m1/s1. The normalized spacial score (nSPS) is 37.5. The minimum Gasteiger partial charge on any atom is -0.414 e. The van der Waals surface area contributed by atoms with Crippen molar-refractivity contribution in [3.05, 3.63) is 12.2 Å². The van der Waals surface area contributed by atoms with E-state index in [0.29, 0.717) is 22.5 Å². The highest BCUT2D eigenvalue weighted by Crippen LogP contribution is 2.60. The molecule has 0 aromatic rings. The minimum atomic E-state index is -1.78. The Morgan fingerprint density at radius 2 is 1.51 bits per heavy atom. The van der Waals surface area contributed by atoms with Gasteiger partial charge in [-0.05, 0) is 111 Å². The molecule has 2 nitrogen and oxygen atoms in total. The Hall–Kier alpha value is 0.0938. The molecule has 0 N–H and O–H groups in total. The highest BCUT2D eigenvalue weighted by atomic mass is 28.4. The van der Waals surface area contributed by atoms with E-state index in [4.69, 9.17) is 8.85 Å². The van der Waals surface area contributed by atoms with E-state index in [1.807, 2.05) is 0 Å². The third-order valence-corrected chi connectivity index (χ3v) is 20.5. The van der Waals surface area contributed by atoms with Crippen LogP contribution in [0.2, 0.25) is 36.3 Å². The Morgan fingerprint density at radius 3 is 2.09 bits per heavy atom. The van der Waals surface area contributed by atoms with Gasteiger partial charge in [0.1, 0.15) is 0 Å². The Labute approximate surface area is 221 Å². The van der Waals surface area contributed by atoms with Crippen molar-refractivity contribution in [2.45, 2.75) is 155 Å². The van der Waals surface area contributed by atoms with Gasteiger partial charge in [-0.2, -0.15) is 0 Å². The lowest BCUT2D eigenvalue weighted by Gasteiger charge is -2.50.